The lowest BCUT2D eigenvalue weighted by molar-refractivity contribution is -0.157. The molecule has 10 atom stereocenters. The zero-order chi connectivity index (χ0) is 24.3. The minimum Gasteiger partial charge on any atom is -0.347 e. The van der Waals surface area contributed by atoms with Gasteiger partial charge < -0.3 is 4.90 Å². The van der Waals surface area contributed by atoms with Crippen molar-refractivity contribution in [2.45, 2.75) is 92.4 Å². The van der Waals surface area contributed by atoms with Gasteiger partial charge in [0.2, 0.25) is 0 Å². The van der Waals surface area contributed by atoms with E-state index < -0.39 is 0 Å². The third-order valence-electron chi connectivity index (χ3n) is 11.8. The zero-order valence-corrected chi connectivity index (χ0v) is 22.5. The predicted octanol–water partition coefficient (Wildman–Crippen LogP) is 8.35. The van der Waals surface area contributed by atoms with Crippen LogP contribution in [0.4, 0.5) is 0 Å². The highest BCUT2D eigenvalue weighted by molar-refractivity contribution is 5.40. The number of allylic oxidation sites excluding steroid dienone is 3. The molecule has 2 heteroatoms. The van der Waals surface area contributed by atoms with Gasteiger partial charge in [-0.05, 0) is 115 Å². The third-order valence-corrected chi connectivity index (χ3v) is 11.8. The Morgan fingerprint density at radius 3 is 2.59 bits per heavy atom. The lowest BCUT2D eigenvalue weighted by Gasteiger charge is -2.65. The molecule has 1 aliphatic heterocycles. The Morgan fingerprint density at radius 1 is 1.06 bits per heavy atom. The molecule has 0 aromatic carbocycles. The lowest BCUT2D eigenvalue weighted by atomic mass is 9.40. The first-order chi connectivity index (χ1) is 16.2. The smallest absolute Gasteiger partial charge is 0.101 e. The fraction of sp³-hybridized carbons (Fsp3) is 0.781. The molecule has 0 bridgehead atoms. The van der Waals surface area contributed by atoms with E-state index in [1.165, 1.54) is 57.8 Å². The van der Waals surface area contributed by atoms with E-state index in [0.29, 0.717) is 16.7 Å². The number of nitrogens with zero attached hydrogens (tertiary/aromatic N) is 2. The molecule has 186 valence electrons. The fourth-order valence-electron chi connectivity index (χ4n) is 10.5. The number of nitriles is 1. The first kappa shape index (κ1) is 24.2. The van der Waals surface area contributed by atoms with Gasteiger partial charge in [0, 0.05) is 18.4 Å². The van der Waals surface area contributed by atoms with Crippen LogP contribution in [0, 0.1) is 69.5 Å². The summed E-state index contributed by atoms with van der Waals surface area (Å²) in [5.74, 6) is 6.99. The Kier molecular flexibility index (Phi) is 6.32. The first-order valence-corrected chi connectivity index (χ1v) is 14.4. The van der Waals surface area contributed by atoms with Crippen molar-refractivity contribution in [2.75, 3.05) is 6.54 Å². The number of hydrogen-bond donors (Lipinski definition) is 0. The summed E-state index contributed by atoms with van der Waals surface area (Å²) in [6.07, 6.45) is 19.0. The fourth-order valence-corrected chi connectivity index (χ4v) is 10.5. The second-order valence-corrected chi connectivity index (χ2v) is 13.9. The van der Waals surface area contributed by atoms with Crippen LogP contribution in [-0.2, 0) is 0 Å². The highest BCUT2D eigenvalue weighted by Gasteiger charge is 2.59. The standard InChI is InChI=1S/C32H48N2/c1-21-7-11-29-26-14-16-32(6)28(23(3)19-34-20-25(18-33)10-9-24(34)4)12-8-22(2)30(32)27(26)13-15-31(29,5)17-21/h9-10,20-23,26-30H,4,7-8,11-17,19H2,1-3,5-6H3/t21-,22+,23+,26?,27+,28+,29+,30?,31+,32+/m0/s1. The Labute approximate surface area is 209 Å². The van der Waals surface area contributed by atoms with E-state index >= 15 is 0 Å². The highest BCUT2D eigenvalue weighted by Crippen LogP contribution is 2.67. The van der Waals surface area contributed by atoms with Crippen molar-refractivity contribution in [3.8, 4) is 6.07 Å². The Hall–Kier alpha value is -1.49. The molecular weight excluding hydrogens is 412 g/mol. The van der Waals surface area contributed by atoms with Crippen LogP contribution in [0.1, 0.15) is 92.4 Å². The van der Waals surface area contributed by atoms with Crippen LogP contribution in [-0.4, -0.2) is 11.4 Å². The average Bonchev–Trinajstić information content (AvgIpc) is 2.79. The van der Waals surface area contributed by atoms with Crippen LogP contribution >= 0.6 is 0 Å². The minimum absolute atomic E-state index is 0.461. The van der Waals surface area contributed by atoms with E-state index in [4.69, 9.17) is 0 Å². The maximum atomic E-state index is 9.40. The molecule has 4 aliphatic carbocycles. The topological polar surface area (TPSA) is 27.0 Å². The molecule has 2 nitrogen and oxygen atoms in total. The van der Waals surface area contributed by atoms with Crippen LogP contribution < -0.4 is 0 Å². The SMILES string of the molecule is C=C1C=CC(C#N)=CN1C[C@@H](C)[C@H]1CC[C@@H](C)C2[C@@H]3CC[C@]4(C)C[C@@H](C)CC[C@@H]4C3CC[C@@]21C. The predicted molar refractivity (Wildman–Crippen MR) is 141 cm³/mol. The van der Waals surface area contributed by atoms with Gasteiger partial charge in [-0.2, -0.15) is 5.26 Å². The summed E-state index contributed by atoms with van der Waals surface area (Å²) in [5, 5.41) is 9.40. The minimum atomic E-state index is 0.461. The molecule has 0 aromatic heterocycles. The maximum Gasteiger partial charge on any atom is 0.101 e. The van der Waals surface area contributed by atoms with E-state index in [-0.39, 0.29) is 0 Å². The van der Waals surface area contributed by atoms with Gasteiger partial charge in [-0.25, -0.2) is 0 Å². The molecule has 4 fully saturated rings. The summed E-state index contributed by atoms with van der Waals surface area (Å²) >= 11 is 0. The molecule has 0 aromatic rings. The van der Waals surface area contributed by atoms with Gasteiger partial charge in [-0.1, -0.05) is 54.0 Å². The van der Waals surface area contributed by atoms with Crippen LogP contribution in [0.5, 0.6) is 0 Å². The Morgan fingerprint density at radius 2 is 1.82 bits per heavy atom. The van der Waals surface area contributed by atoms with E-state index in [0.717, 1.165) is 59.2 Å². The van der Waals surface area contributed by atoms with Crippen molar-refractivity contribution in [3.63, 3.8) is 0 Å². The van der Waals surface area contributed by atoms with Crippen molar-refractivity contribution in [3.05, 3.63) is 36.2 Å². The van der Waals surface area contributed by atoms with Crippen molar-refractivity contribution >= 4 is 0 Å². The molecule has 0 spiro atoms. The van der Waals surface area contributed by atoms with Gasteiger partial charge in [0.25, 0.3) is 0 Å². The van der Waals surface area contributed by atoms with Gasteiger partial charge in [-0.3, -0.25) is 0 Å². The Balaban J connectivity index is 1.37. The highest BCUT2D eigenvalue weighted by atomic mass is 15.1. The van der Waals surface area contributed by atoms with Crippen molar-refractivity contribution < 1.29 is 0 Å². The van der Waals surface area contributed by atoms with E-state index in [1.54, 1.807) is 0 Å². The molecule has 0 N–H and O–H groups in total. The zero-order valence-electron chi connectivity index (χ0n) is 22.5. The van der Waals surface area contributed by atoms with Gasteiger partial charge in [0.1, 0.15) is 6.07 Å². The van der Waals surface area contributed by atoms with E-state index in [9.17, 15) is 5.26 Å². The largest absolute Gasteiger partial charge is 0.347 e. The molecule has 2 unspecified atom stereocenters. The molecule has 0 saturated heterocycles. The van der Waals surface area contributed by atoms with Crippen molar-refractivity contribution in [1.82, 2.24) is 4.90 Å². The quantitative estimate of drug-likeness (QED) is 0.423. The Bertz CT molecular complexity index is 906. The normalized spacial score (nSPS) is 47.1. The van der Waals surface area contributed by atoms with Crippen LogP contribution in [0.25, 0.3) is 0 Å². The van der Waals surface area contributed by atoms with Crippen LogP contribution in [0.2, 0.25) is 0 Å². The average molecular weight is 461 g/mol. The summed E-state index contributed by atoms with van der Waals surface area (Å²) in [7, 11) is 0. The van der Waals surface area contributed by atoms with Gasteiger partial charge in [0.15, 0.2) is 0 Å². The molecule has 0 amide bonds. The second kappa shape index (κ2) is 8.87. The lowest BCUT2D eigenvalue weighted by Crippen LogP contribution is -2.58. The first-order valence-electron chi connectivity index (χ1n) is 14.4. The molecule has 4 saturated carbocycles. The number of hydrogen-bond acceptors (Lipinski definition) is 2. The summed E-state index contributed by atoms with van der Waals surface area (Å²) in [6, 6.07) is 2.32. The molecule has 34 heavy (non-hydrogen) atoms. The summed E-state index contributed by atoms with van der Waals surface area (Å²) < 4.78 is 0. The molecule has 1 heterocycles. The summed E-state index contributed by atoms with van der Waals surface area (Å²) in [4.78, 5) is 2.25. The molecular formula is C32H48N2. The molecule has 5 aliphatic rings. The van der Waals surface area contributed by atoms with Gasteiger partial charge in [-0.15, -0.1) is 0 Å². The van der Waals surface area contributed by atoms with Gasteiger partial charge in [0.05, 0.1) is 5.57 Å². The number of fused-ring (bicyclic) bond motifs is 5. The van der Waals surface area contributed by atoms with Crippen molar-refractivity contribution in [1.29, 1.82) is 5.26 Å². The van der Waals surface area contributed by atoms with Crippen LogP contribution in [0.3, 0.4) is 0 Å². The molecule has 0 radical (unpaired) electrons. The van der Waals surface area contributed by atoms with Crippen molar-refractivity contribution in [2.24, 2.45) is 58.2 Å². The summed E-state index contributed by atoms with van der Waals surface area (Å²) in [6.45, 7) is 18.2. The second-order valence-electron chi connectivity index (χ2n) is 13.9. The summed E-state index contributed by atoms with van der Waals surface area (Å²) in [5.41, 5.74) is 2.85. The number of rotatable bonds is 3. The van der Waals surface area contributed by atoms with E-state index in [1.807, 2.05) is 18.4 Å². The van der Waals surface area contributed by atoms with Gasteiger partial charge >= 0.3 is 0 Å². The molecule has 5 rings (SSSR count). The van der Waals surface area contributed by atoms with Crippen LogP contribution in [0.15, 0.2) is 36.2 Å². The van der Waals surface area contributed by atoms with E-state index in [2.05, 4.69) is 52.2 Å². The monoisotopic (exact) mass is 460 g/mol. The third kappa shape index (κ3) is 3.90. The maximum absolute atomic E-state index is 9.40.